The van der Waals surface area contributed by atoms with Crippen molar-refractivity contribution in [3.63, 3.8) is 0 Å². The van der Waals surface area contributed by atoms with Crippen molar-refractivity contribution in [1.29, 1.82) is 0 Å². The molecule has 0 radical (unpaired) electrons. The standard InChI is InChI=1S/C9H14BrN3O/c1-3-11-9(14)7(2)5-13-6-8(10)4-12-13/h4,6-7H,3,5H2,1-2H3,(H,11,14). The van der Waals surface area contributed by atoms with Crippen LogP contribution in [0.5, 0.6) is 0 Å². The molecule has 1 unspecified atom stereocenters. The zero-order valence-electron chi connectivity index (χ0n) is 8.33. The lowest BCUT2D eigenvalue weighted by Crippen LogP contribution is -2.31. The first-order chi connectivity index (χ1) is 6.63. The molecule has 0 bridgehead atoms. The Bertz CT molecular complexity index is 311. The van der Waals surface area contributed by atoms with Crippen molar-refractivity contribution < 1.29 is 4.79 Å². The van der Waals surface area contributed by atoms with Gasteiger partial charge in [-0.25, -0.2) is 0 Å². The van der Waals surface area contributed by atoms with E-state index in [1.54, 1.807) is 10.9 Å². The molecule has 5 heteroatoms. The highest BCUT2D eigenvalue weighted by atomic mass is 79.9. The molecule has 1 atom stereocenters. The van der Waals surface area contributed by atoms with Crippen LogP contribution in [0.3, 0.4) is 0 Å². The molecule has 78 valence electrons. The number of hydrogen-bond acceptors (Lipinski definition) is 2. The van der Waals surface area contributed by atoms with E-state index in [9.17, 15) is 4.79 Å². The van der Waals surface area contributed by atoms with E-state index in [0.717, 1.165) is 4.47 Å². The Morgan fingerprint density at radius 2 is 2.50 bits per heavy atom. The Balaban J connectivity index is 2.48. The summed E-state index contributed by atoms with van der Waals surface area (Å²) in [6.07, 6.45) is 3.57. The van der Waals surface area contributed by atoms with Crippen LogP contribution in [0.1, 0.15) is 13.8 Å². The van der Waals surface area contributed by atoms with Crippen molar-refractivity contribution >= 4 is 21.8 Å². The number of carbonyl (C=O) groups is 1. The summed E-state index contributed by atoms with van der Waals surface area (Å²) in [7, 11) is 0. The monoisotopic (exact) mass is 259 g/mol. The minimum Gasteiger partial charge on any atom is -0.356 e. The molecule has 1 aromatic heterocycles. The minimum atomic E-state index is -0.0539. The average Bonchev–Trinajstić information content (AvgIpc) is 2.51. The molecule has 0 aliphatic carbocycles. The Morgan fingerprint density at radius 1 is 1.79 bits per heavy atom. The van der Waals surface area contributed by atoms with Crippen molar-refractivity contribution in [3.05, 3.63) is 16.9 Å². The highest BCUT2D eigenvalue weighted by Gasteiger charge is 2.12. The van der Waals surface area contributed by atoms with Gasteiger partial charge in [-0.15, -0.1) is 0 Å². The largest absolute Gasteiger partial charge is 0.356 e. The van der Waals surface area contributed by atoms with Crippen LogP contribution in [-0.2, 0) is 11.3 Å². The van der Waals surface area contributed by atoms with Gasteiger partial charge >= 0.3 is 0 Å². The van der Waals surface area contributed by atoms with Crippen LogP contribution in [-0.4, -0.2) is 22.2 Å². The van der Waals surface area contributed by atoms with Gasteiger partial charge in [-0.05, 0) is 22.9 Å². The van der Waals surface area contributed by atoms with Crippen molar-refractivity contribution in [2.45, 2.75) is 20.4 Å². The Hall–Kier alpha value is -0.840. The number of rotatable bonds is 4. The van der Waals surface area contributed by atoms with Gasteiger partial charge in [0.05, 0.1) is 23.1 Å². The molecular formula is C9H14BrN3O. The van der Waals surface area contributed by atoms with Gasteiger partial charge in [0, 0.05) is 12.7 Å². The number of amides is 1. The second-order valence-electron chi connectivity index (χ2n) is 3.18. The van der Waals surface area contributed by atoms with Gasteiger partial charge in [-0.2, -0.15) is 5.10 Å². The third-order valence-electron chi connectivity index (χ3n) is 1.86. The van der Waals surface area contributed by atoms with E-state index in [-0.39, 0.29) is 11.8 Å². The molecule has 1 N–H and O–H groups in total. The second kappa shape index (κ2) is 5.14. The minimum absolute atomic E-state index is 0.0539. The quantitative estimate of drug-likeness (QED) is 0.889. The lowest BCUT2D eigenvalue weighted by Gasteiger charge is -2.10. The summed E-state index contributed by atoms with van der Waals surface area (Å²) in [6, 6.07) is 0. The summed E-state index contributed by atoms with van der Waals surface area (Å²) in [6.45, 7) is 5.08. The Kier molecular flexibility index (Phi) is 4.13. The number of nitrogens with zero attached hydrogens (tertiary/aromatic N) is 2. The van der Waals surface area contributed by atoms with Gasteiger partial charge in [0.2, 0.25) is 5.91 Å². The molecule has 0 fully saturated rings. The van der Waals surface area contributed by atoms with E-state index < -0.39 is 0 Å². The third kappa shape index (κ3) is 3.14. The van der Waals surface area contributed by atoms with Gasteiger partial charge < -0.3 is 5.32 Å². The van der Waals surface area contributed by atoms with Crippen molar-refractivity contribution in [3.8, 4) is 0 Å². The molecule has 14 heavy (non-hydrogen) atoms. The van der Waals surface area contributed by atoms with Gasteiger partial charge in [0.15, 0.2) is 0 Å². The number of carbonyl (C=O) groups excluding carboxylic acids is 1. The van der Waals surface area contributed by atoms with Gasteiger partial charge in [-0.3, -0.25) is 9.48 Å². The molecule has 1 aromatic rings. The van der Waals surface area contributed by atoms with Crippen molar-refractivity contribution in [2.75, 3.05) is 6.54 Å². The fourth-order valence-electron chi connectivity index (χ4n) is 1.15. The van der Waals surface area contributed by atoms with Crippen LogP contribution >= 0.6 is 15.9 Å². The van der Waals surface area contributed by atoms with Crippen LogP contribution in [0, 0.1) is 5.92 Å². The first-order valence-corrected chi connectivity index (χ1v) is 5.38. The number of nitrogens with one attached hydrogen (secondary N) is 1. The molecule has 0 spiro atoms. The normalized spacial score (nSPS) is 12.5. The molecule has 0 aliphatic rings. The first kappa shape index (κ1) is 11.2. The van der Waals surface area contributed by atoms with E-state index in [1.807, 2.05) is 20.0 Å². The van der Waals surface area contributed by atoms with Crippen LogP contribution in [0.15, 0.2) is 16.9 Å². The SMILES string of the molecule is CCNC(=O)C(C)Cn1cc(Br)cn1. The van der Waals surface area contributed by atoms with E-state index >= 15 is 0 Å². The summed E-state index contributed by atoms with van der Waals surface area (Å²) < 4.78 is 2.69. The lowest BCUT2D eigenvalue weighted by molar-refractivity contribution is -0.124. The summed E-state index contributed by atoms with van der Waals surface area (Å²) >= 11 is 3.31. The molecule has 4 nitrogen and oxygen atoms in total. The number of halogens is 1. The van der Waals surface area contributed by atoms with Gasteiger partial charge in [0.1, 0.15) is 0 Å². The molecule has 0 saturated heterocycles. The lowest BCUT2D eigenvalue weighted by atomic mass is 10.1. The van der Waals surface area contributed by atoms with Crippen LogP contribution in [0.25, 0.3) is 0 Å². The summed E-state index contributed by atoms with van der Waals surface area (Å²) in [4.78, 5) is 11.4. The summed E-state index contributed by atoms with van der Waals surface area (Å²) in [5, 5.41) is 6.87. The third-order valence-corrected chi connectivity index (χ3v) is 2.27. The van der Waals surface area contributed by atoms with E-state index in [1.165, 1.54) is 0 Å². The molecular weight excluding hydrogens is 246 g/mol. The topological polar surface area (TPSA) is 46.9 Å². The molecule has 1 rings (SSSR count). The maximum Gasteiger partial charge on any atom is 0.224 e. The second-order valence-corrected chi connectivity index (χ2v) is 4.09. The van der Waals surface area contributed by atoms with Crippen molar-refractivity contribution in [1.82, 2.24) is 15.1 Å². The van der Waals surface area contributed by atoms with Crippen LogP contribution < -0.4 is 5.32 Å². The van der Waals surface area contributed by atoms with Gasteiger partial charge in [-0.1, -0.05) is 6.92 Å². The molecule has 0 aliphatic heterocycles. The van der Waals surface area contributed by atoms with E-state index in [2.05, 4.69) is 26.3 Å². The summed E-state index contributed by atoms with van der Waals surface area (Å²) in [5.74, 6) is 0.0147. The predicted octanol–water partition coefficient (Wildman–Crippen LogP) is 1.42. The maximum atomic E-state index is 11.4. The maximum absolute atomic E-state index is 11.4. The average molecular weight is 260 g/mol. The Labute approximate surface area is 91.8 Å². The molecule has 1 amide bonds. The fraction of sp³-hybridized carbons (Fsp3) is 0.556. The zero-order chi connectivity index (χ0) is 10.6. The highest BCUT2D eigenvalue weighted by molar-refractivity contribution is 9.10. The first-order valence-electron chi connectivity index (χ1n) is 4.59. The van der Waals surface area contributed by atoms with Crippen LogP contribution in [0.4, 0.5) is 0 Å². The fourth-order valence-corrected chi connectivity index (χ4v) is 1.48. The number of hydrogen-bond donors (Lipinski definition) is 1. The van der Waals surface area contributed by atoms with E-state index in [0.29, 0.717) is 13.1 Å². The molecule has 0 aromatic carbocycles. The zero-order valence-corrected chi connectivity index (χ0v) is 9.91. The smallest absolute Gasteiger partial charge is 0.224 e. The highest BCUT2D eigenvalue weighted by Crippen LogP contribution is 2.08. The van der Waals surface area contributed by atoms with Gasteiger partial charge in [0.25, 0.3) is 0 Å². The molecule has 1 heterocycles. The Morgan fingerprint density at radius 3 is 3.00 bits per heavy atom. The van der Waals surface area contributed by atoms with Crippen molar-refractivity contribution in [2.24, 2.45) is 5.92 Å². The predicted molar refractivity (Wildman–Crippen MR) is 57.8 cm³/mol. The van der Waals surface area contributed by atoms with E-state index in [4.69, 9.17) is 0 Å². The van der Waals surface area contributed by atoms with Crippen LogP contribution in [0.2, 0.25) is 0 Å². The summed E-state index contributed by atoms with van der Waals surface area (Å²) in [5.41, 5.74) is 0. The molecule has 0 saturated carbocycles. The number of aromatic nitrogens is 2.